The van der Waals surface area contributed by atoms with Crippen molar-refractivity contribution in [3.63, 3.8) is 0 Å². The molecule has 0 radical (unpaired) electrons. The molecule has 0 unspecified atom stereocenters. The summed E-state index contributed by atoms with van der Waals surface area (Å²) in [4.78, 5) is 18.0. The van der Waals surface area contributed by atoms with Crippen LogP contribution in [0.4, 0.5) is 4.39 Å². The molecule has 3 rings (SSSR count). The maximum atomic E-state index is 14.4. The van der Waals surface area contributed by atoms with Crippen LogP contribution in [0.2, 0.25) is 0 Å². The van der Waals surface area contributed by atoms with E-state index < -0.39 is 11.6 Å². The molecule has 0 spiro atoms. The summed E-state index contributed by atoms with van der Waals surface area (Å²) >= 11 is 1.55. The average Bonchev–Trinajstić information content (AvgIpc) is 3.16. The molecule has 1 fully saturated rings. The number of hydrogen-bond acceptors (Lipinski definition) is 5. The molecule has 2 heterocycles. The normalized spacial score (nSPS) is 21.9. The average molecular weight is 320 g/mol. The van der Waals surface area contributed by atoms with Gasteiger partial charge >= 0.3 is 5.97 Å². The van der Waals surface area contributed by atoms with Crippen molar-refractivity contribution >= 4 is 17.3 Å². The summed E-state index contributed by atoms with van der Waals surface area (Å²) in [7, 11) is 1.22. The molecule has 6 heteroatoms. The Kier molecular flexibility index (Phi) is 4.22. The summed E-state index contributed by atoms with van der Waals surface area (Å²) in [6.07, 6.45) is 0.177. The number of ether oxygens (including phenoxy) is 1. The zero-order valence-electron chi connectivity index (χ0n) is 12.3. The van der Waals surface area contributed by atoms with Crippen LogP contribution in [0, 0.1) is 0 Å². The molecule has 0 saturated carbocycles. The Labute approximate surface area is 132 Å². The van der Waals surface area contributed by atoms with Gasteiger partial charge in [0.05, 0.1) is 19.3 Å². The van der Waals surface area contributed by atoms with Gasteiger partial charge < -0.3 is 4.74 Å². The lowest BCUT2D eigenvalue weighted by molar-refractivity contribution is -0.153. The maximum Gasteiger partial charge on any atom is 0.345 e. The van der Waals surface area contributed by atoms with Crippen molar-refractivity contribution in [2.75, 3.05) is 20.2 Å². The Morgan fingerprint density at radius 2 is 2.23 bits per heavy atom. The van der Waals surface area contributed by atoms with Crippen LogP contribution in [0.25, 0.3) is 11.3 Å². The monoisotopic (exact) mass is 320 g/mol. The minimum Gasteiger partial charge on any atom is -0.467 e. The third-order valence-corrected chi connectivity index (χ3v) is 4.66. The Bertz CT molecular complexity index is 661. The molecule has 1 saturated heterocycles. The first-order chi connectivity index (χ1) is 10.6. The summed E-state index contributed by atoms with van der Waals surface area (Å²) in [5.74, 6) is -0.779. The Morgan fingerprint density at radius 3 is 2.95 bits per heavy atom. The molecule has 1 aliphatic rings. The van der Waals surface area contributed by atoms with Gasteiger partial charge in [-0.2, -0.15) is 0 Å². The van der Waals surface area contributed by atoms with Crippen LogP contribution in [0.5, 0.6) is 0 Å². The highest BCUT2D eigenvalue weighted by atomic mass is 32.1. The number of likely N-dealkylation sites (tertiary alicyclic amines) is 1. The lowest BCUT2D eigenvalue weighted by atomic mass is 10.1. The minimum atomic E-state index is -1.88. The number of benzene rings is 1. The first-order valence-electron chi connectivity index (χ1n) is 7.10. The Morgan fingerprint density at radius 1 is 1.45 bits per heavy atom. The number of carbonyl (C=O) groups is 1. The maximum absolute atomic E-state index is 14.4. The molecule has 0 aliphatic carbocycles. The van der Waals surface area contributed by atoms with E-state index >= 15 is 0 Å². The van der Waals surface area contributed by atoms with Crippen molar-refractivity contribution in [2.24, 2.45) is 0 Å². The fraction of sp³-hybridized carbons (Fsp3) is 0.375. The van der Waals surface area contributed by atoms with E-state index in [0.29, 0.717) is 13.1 Å². The molecule has 0 N–H and O–H groups in total. The van der Waals surface area contributed by atoms with E-state index in [0.717, 1.165) is 16.3 Å². The Balaban J connectivity index is 1.66. The van der Waals surface area contributed by atoms with Crippen molar-refractivity contribution in [3.8, 4) is 11.3 Å². The standard InChI is InChI=1S/C16H17FN2O2S/c1-21-15(20)16(17)7-8-19(11-16)9-14-18-13(10-22-14)12-5-3-2-4-6-12/h2-6,10H,7-9,11H2,1H3/t16-/m1/s1. The van der Waals surface area contributed by atoms with Crippen molar-refractivity contribution in [1.29, 1.82) is 0 Å². The van der Waals surface area contributed by atoms with E-state index in [9.17, 15) is 9.18 Å². The second kappa shape index (κ2) is 6.14. The molecule has 116 valence electrons. The van der Waals surface area contributed by atoms with Crippen molar-refractivity contribution in [2.45, 2.75) is 18.6 Å². The summed E-state index contributed by atoms with van der Waals surface area (Å²) in [5.41, 5.74) is 0.119. The minimum absolute atomic E-state index is 0.0694. The number of nitrogens with zero attached hydrogens (tertiary/aromatic N) is 2. The summed E-state index contributed by atoms with van der Waals surface area (Å²) in [6.45, 7) is 1.16. The van der Waals surface area contributed by atoms with Gasteiger partial charge in [-0.3, -0.25) is 4.90 Å². The molecule has 1 aliphatic heterocycles. The van der Waals surface area contributed by atoms with Crippen LogP contribution >= 0.6 is 11.3 Å². The molecule has 1 aromatic carbocycles. The van der Waals surface area contributed by atoms with Gasteiger partial charge in [0.25, 0.3) is 0 Å². The van der Waals surface area contributed by atoms with Gasteiger partial charge in [0.2, 0.25) is 5.67 Å². The van der Waals surface area contributed by atoms with E-state index in [1.54, 1.807) is 11.3 Å². The molecule has 0 bridgehead atoms. The Hall–Kier alpha value is -1.79. The lowest BCUT2D eigenvalue weighted by Gasteiger charge is -2.17. The van der Waals surface area contributed by atoms with Gasteiger partial charge in [-0.1, -0.05) is 30.3 Å². The van der Waals surface area contributed by atoms with Gasteiger partial charge in [-0.25, -0.2) is 14.2 Å². The number of esters is 1. The zero-order chi connectivity index (χ0) is 15.6. The fourth-order valence-electron chi connectivity index (χ4n) is 2.65. The van der Waals surface area contributed by atoms with Gasteiger partial charge in [-0.15, -0.1) is 11.3 Å². The molecule has 22 heavy (non-hydrogen) atoms. The van der Waals surface area contributed by atoms with Crippen LogP contribution in [0.3, 0.4) is 0 Å². The predicted molar refractivity (Wildman–Crippen MR) is 83.3 cm³/mol. The van der Waals surface area contributed by atoms with Crippen LogP contribution in [-0.2, 0) is 16.1 Å². The van der Waals surface area contributed by atoms with Crippen molar-refractivity contribution < 1.29 is 13.9 Å². The van der Waals surface area contributed by atoms with Gasteiger partial charge in [0, 0.05) is 30.5 Å². The third-order valence-electron chi connectivity index (χ3n) is 3.83. The van der Waals surface area contributed by atoms with E-state index in [2.05, 4.69) is 9.72 Å². The number of thiazole rings is 1. The SMILES string of the molecule is COC(=O)[C@@]1(F)CCN(Cc2nc(-c3ccccc3)cs2)C1. The number of hydrogen-bond donors (Lipinski definition) is 0. The molecular weight excluding hydrogens is 303 g/mol. The molecule has 1 aromatic heterocycles. The summed E-state index contributed by atoms with van der Waals surface area (Å²) in [5, 5.41) is 2.93. The predicted octanol–water partition coefficient (Wildman–Crippen LogP) is 2.90. The van der Waals surface area contributed by atoms with Crippen LogP contribution in [0.15, 0.2) is 35.7 Å². The number of halogens is 1. The second-order valence-corrected chi connectivity index (χ2v) is 6.35. The fourth-order valence-corrected chi connectivity index (χ4v) is 3.49. The number of methoxy groups -OCH3 is 1. The molecule has 2 aromatic rings. The van der Waals surface area contributed by atoms with E-state index in [4.69, 9.17) is 0 Å². The number of carbonyl (C=O) groups excluding carboxylic acids is 1. The van der Waals surface area contributed by atoms with E-state index in [1.165, 1.54) is 7.11 Å². The van der Waals surface area contributed by atoms with E-state index in [1.807, 2.05) is 40.6 Å². The first-order valence-corrected chi connectivity index (χ1v) is 7.98. The summed E-state index contributed by atoms with van der Waals surface area (Å²) < 4.78 is 18.9. The zero-order valence-corrected chi connectivity index (χ0v) is 13.1. The molecule has 4 nitrogen and oxygen atoms in total. The van der Waals surface area contributed by atoms with Crippen LogP contribution in [-0.4, -0.2) is 41.7 Å². The number of rotatable bonds is 4. The van der Waals surface area contributed by atoms with Gasteiger partial charge in [-0.05, 0) is 0 Å². The number of alkyl halides is 1. The number of aromatic nitrogens is 1. The highest BCUT2D eigenvalue weighted by molar-refractivity contribution is 7.09. The quantitative estimate of drug-likeness (QED) is 0.813. The van der Waals surface area contributed by atoms with Crippen molar-refractivity contribution in [1.82, 2.24) is 9.88 Å². The van der Waals surface area contributed by atoms with Crippen LogP contribution < -0.4 is 0 Å². The third kappa shape index (κ3) is 3.03. The van der Waals surface area contributed by atoms with Crippen LogP contribution in [0.1, 0.15) is 11.4 Å². The summed E-state index contributed by atoms with van der Waals surface area (Å²) in [6, 6.07) is 9.94. The first kappa shape index (κ1) is 15.1. The highest BCUT2D eigenvalue weighted by Gasteiger charge is 2.46. The van der Waals surface area contributed by atoms with Crippen molar-refractivity contribution in [3.05, 3.63) is 40.7 Å². The highest BCUT2D eigenvalue weighted by Crippen LogP contribution is 2.29. The van der Waals surface area contributed by atoms with Gasteiger partial charge in [0.1, 0.15) is 5.01 Å². The second-order valence-electron chi connectivity index (χ2n) is 5.41. The largest absolute Gasteiger partial charge is 0.467 e. The smallest absolute Gasteiger partial charge is 0.345 e. The van der Waals surface area contributed by atoms with Gasteiger partial charge in [0.15, 0.2) is 0 Å². The topological polar surface area (TPSA) is 42.4 Å². The molecule has 1 atom stereocenters. The lowest BCUT2D eigenvalue weighted by Crippen LogP contribution is -2.37. The molecular formula is C16H17FN2O2S. The van der Waals surface area contributed by atoms with E-state index in [-0.39, 0.29) is 13.0 Å². The molecule has 0 amide bonds.